The summed E-state index contributed by atoms with van der Waals surface area (Å²) in [6.07, 6.45) is 2.26. The van der Waals surface area contributed by atoms with Crippen LogP contribution < -0.4 is 10.6 Å². The van der Waals surface area contributed by atoms with Crippen molar-refractivity contribution in [1.82, 2.24) is 15.1 Å². The van der Waals surface area contributed by atoms with Gasteiger partial charge in [-0.3, -0.25) is 14.8 Å². The third-order valence-corrected chi connectivity index (χ3v) is 6.27. The molecule has 34 heavy (non-hydrogen) atoms. The molecule has 1 saturated carbocycles. The summed E-state index contributed by atoms with van der Waals surface area (Å²) in [6, 6.07) is 15.1. The van der Waals surface area contributed by atoms with Crippen molar-refractivity contribution in [3.8, 4) is 11.1 Å². The maximum Gasteiger partial charge on any atom is 0.411 e. The van der Waals surface area contributed by atoms with Crippen LogP contribution in [0.3, 0.4) is 0 Å². The monoisotopic (exact) mass is 460 g/mol. The summed E-state index contributed by atoms with van der Waals surface area (Å²) in [7, 11) is 1.61. The summed E-state index contributed by atoms with van der Waals surface area (Å²) in [5.74, 6) is -1.92. The lowest BCUT2D eigenvalue weighted by Crippen LogP contribution is -2.42. The van der Waals surface area contributed by atoms with E-state index in [1.807, 2.05) is 36.4 Å². The summed E-state index contributed by atoms with van der Waals surface area (Å²) >= 11 is 0. The Balaban J connectivity index is 1.27. The van der Waals surface area contributed by atoms with Crippen molar-refractivity contribution in [1.29, 1.82) is 0 Å². The van der Waals surface area contributed by atoms with E-state index in [-0.39, 0.29) is 29.8 Å². The van der Waals surface area contributed by atoms with Crippen molar-refractivity contribution >= 4 is 23.7 Å². The molecular formula is C25H24N4O5. The molecule has 1 unspecified atom stereocenters. The first-order valence-electron chi connectivity index (χ1n) is 11.1. The van der Waals surface area contributed by atoms with Crippen LogP contribution in [0.4, 0.5) is 10.5 Å². The number of carbonyl (C=O) groups is 3. The molecule has 1 heterocycles. The number of fused-ring (bicyclic) bond motifs is 3. The number of amides is 2. The minimum absolute atomic E-state index is 0.0668. The predicted molar refractivity (Wildman–Crippen MR) is 124 cm³/mol. The third-order valence-electron chi connectivity index (χ3n) is 6.27. The van der Waals surface area contributed by atoms with Gasteiger partial charge in [0.25, 0.3) is 5.91 Å². The van der Waals surface area contributed by atoms with Crippen molar-refractivity contribution in [2.75, 3.05) is 11.9 Å². The molecule has 5 rings (SSSR count). The van der Waals surface area contributed by atoms with Gasteiger partial charge in [-0.25, -0.2) is 9.59 Å². The van der Waals surface area contributed by atoms with E-state index in [4.69, 9.17) is 4.74 Å². The Kier molecular flexibility index (Phi) is 5.53. The van der Waals surface area contributed by atoms with Gasteiger partial charge in [-0.2, -0.15) is 5.10 Å². The third kappa shape index (κ3) is 4.12. The van der Waals surface area contributed by atoms with Gasteiger partial charge in [0.05, 0.1) is 5.69 Å². The van der Waals surface area contributed by atoms with Crippen LogP contribution in [-0.4, -0.2) is 45.5 Å². The van der Waals surface area contributed by atoms with Crippen LogP contribution in [0.15, 0.2) is 54.7 Å². The highest BCUT2D eigenvalue weighted by molar-refractivity contribution is 6.02. The summed E-state index contributed by atoms with van der Waals surface area (Å²) < 4.78 is 6.92. The molecule has 1 atom stereocenters. The topological polar surface area (TPSA) is 123 Å². The van der Waals surface area contributed by atoms with E-state index >= 15 is 0 Å². The Morgan fingerprint density at radius 2 is 1.71 bits per heavy atom. The number of anilines is 1. The summed E-state index contributed by atoms with van der Waals surface area (Å²) in [5, 5.41) is 18.6. The Bertz CT molecular complexity index is 1230. The second kappa shape index (κ2) is 8.66. The number of ether oxygens (including phenoxy) is 1. The maximum atomic E-state index is 12.7. The number of carboxylic acids is 1. The Hall–Kier alpha value is -4.14. The van der Waals surface area contributed by atoms with Gasteiger partial charge in [-0.1, -0.05) is 48.5 Å². The van der Waals surface area contributed by atoms with E-state index in [0.717, 1.165) is 35.1 Å². The minimum Gasteiger partial charge on any atom is -0.480 e. The lowest BCUT2D eigenvalue weighted by atomic mass is 9.98. The number of benzene rings is 2. The second-order valence-electron chi connectivity index (χ2n) is 8.64. The largest absolute Gasteiger partial charge is 0.480 e. The molecular weight excluding hydrogens is 436 g/mol. The zero-order valence-electron chi connectivity index (χ0n) is 18.5. The molecule has 2 aliphatic rings. The Morgan fingerprint density at radius 3 is 2.29 bits per heavy atom. The molecule has 174 valence electrons. The van der Waals surface area contributed by atoms with Crippen molar-refractivity contribution in [3.05, 3.63) is 71.5 Å². The van der Waals surface area contributed by atoms with Gasteiger partial charge in [0.15, 0.2) is 5.69 Å². The lowest BCUT2D eigenvalue weighted by Gasteiger charge is -2.15. The fourth-order valence-electron chi connectivity index (χ4n) is 4.51. The van der Waals surface area contributed by atoms with Gasteiger partial charge < -0.3 is 15.2 Å². The zero-order chi connectivity index (χ0) is 23.8. The normalized spacial score (nSPS) is 15.2. The molecule has 0 aliphatic heterocycles. The molecule has 0 spiro atoms. The number of hydrogen-bond acceptors (Lipinski definition) is 5. The van der Waals surface area contributed by atoms with E-state index in [2.05, 4.69) is 27.9 Å². The lowest BCUT2D eigenvalue weighted by molar-refractivity contribution is -0.139. The molecule has 1 aromatic heterocycles. The summed E-state index contributed by atoms with van der Waals surface area (Å²) in [4.78, 5) is 36.8. The van der Waals surface area contributed by atoms with Crippen LogP contribution in [0.2, 0.25) is 0 Å². The number of carbonyl (C=O) groups excluding carboxylic acids is 2. The summed E-state index contributed by atoms with van der Waals surface area (Å²) in [5.41, 5.74) is 4.53. The van der Waals surface area contributed by atoms with E-state index in [9.17, 15) is 19.5 Å². The van der Waals surface area contributed by atoms with Crippen LogP contribution in [-0.2, 0) is 16.6 Å². The van der Waals surface area contributed by atoms with Gasteiger partial charge in [0, 0.05) is 19.2 Å². The fraction of sp³-hybridized carbons (Fsp3) is 0.280. The highest BCUT2D eigenvalue weighted by Crippen LogP contribution is 2.44. The number of aromatic nitrogens is 2. The van der Waals surface area contributed by atoms with E-state index in [1.165, 1.54) is 10.9 Å². The Morgan fingerprint density at radius 1 is 1.09 bits per heavy atom. The smallest absolute Gasteiger partial charge is 0.411 e. The SMILES string of the molecule is Cn1cc(NC(=O)OCC2c3ccccc3-c3ccccc32)c(C(=O)NC(C(=O)O)C2CC2)n1. The molecule has 0 bridgehead atoms. The average Bonchev–Trinajstić information content (AvgIpc) is 3.52. The van der Waals surface area contributed by atoms with Crippen LogP contribution in [0.25, 0.3) is 11.1 Å². The van der Waals surface area contributed by atoms with Crippen LogP contribution in [0, 0.1) is 5.92 Å². The first-order valence-corrected chi connectivity index (χ1v) is 11.1. The van der Waals surface area contributed by atoms with Gasteiger partial charge in [-0.05, 0) is 41.0 Å². The van der Waals surface area contributed by atoms with Crippen LogP contribution >= 0.6 is 0 Å². The van der Waals surface area contributed by atoms with E-state index < -0.39 is 24.0 Å². The van der Waals surface area contributed by atoms with Gasteiger partial charge >= 0.3 is 12.1 Å². The predicted octanol–water partition coefficient (Wildman–Crippen LogP) is 3.37. The number of nitrogens with zero attached hydrogens (tertiary/aromatic N) is 2. The molecule has 9 heteroatoms. The molecule has 0 radical (unpaired) electrons. The number of hydrogen-bond donors (Lipinski definition) is 3. The molecule has 3 aromatic rings. The summed E-state index contributed by atoms with van der Waals surface area (Å²) in [6.45, 7) is 0.129. The van der Waals surface area contributed by atoms with Crippen LogP contribution in [0.1, 0.15) is 40.4 Å². The standard InChI is InChI=1S/C25H24N4O5/c1-29-12-20(22(28-29)23(30)27-21(24(31)32)14-10-11-14)26-25(33)34-13-19-17-8-4-2-6-15(17)16-7-3-5-9-18(16)19/h2-9,12,14,19,21H,10-11,13H2,1H3,(H,26,33)(H,27,30)(H,31,32). The Labute approximate surface area is 195 Å². The first kappa shape index (κ1) is 21.7. The van der Waals surface area contributed by atoms with Crippen LogP contribution in [0.5, 0.6) is 0 Å². The van der Waals surface area contributed by atoms with Crippen molar-refractivity contribution in [2.45, 2.75) is 24.8 Å². The average molecular weight is 460 g/mol. The molecule has 1 fully saturated rings. The van der Waals surface area contributed by atoms with Gasteiger partial charge in [-0.15, -0.1) is 0 Å². The minimum atomic E-state index is -1.09. The highest BCUT2D eigenvalue weighted by atomic mass is 16.5. The molecule has 2 aromatic carbocycles. The molecule has 3 N–H and O–H groups in total. The highest BCUT2D eigenvalue weighted by Gasteiger charge is 2.38. The molecule has 2 aliphatic carbocycles. The number of aryl methyl sites for hydroxylation is 1. The maximum absolute atomic E-state index is 12.7. The van der Waals surface area contributed by atoms with E-state index in [1.54, 1.807) is 7.05 Å². The molecule has 9 nitrogen and oxygen atoms in total. The van der Waals surface area contributed by atoms with Gasteiger partial charge in [0.2, 0.25) is 0 Å². The number of carboxylic acid groups (broad SMARTS) is 1. The molecule has 0 saturated heterocycles. The van der Waals surface area contributed by atoms with E-state index in [0.29, 0.717) is 0 Å². The van der Waals surface area contributed by atoms with Crippen molar-refractivity contribution < 1.29 is 24.2 Å². The quantitative estimate of drug-likeness (QED) is 0.497. The number of rotatable bonds is 7. The number of nitrogens with one attached hydrogen (secondary N) is 2. The fourth-order valence-corrected chi connectivity index (χ4v) is 4.51. The van der Waals surface area contributed by atoms with Gasteiger partial charge in [0.1, 0.15) is 12.6 Å². The van der Waals surface area contributed by atoms with Crippen molar-refractivity contribution in [2.24, 2.45) is 13.0 Å². The zero-order valence-corrected chi connectivity index (χ0v) is 18.5. The first-order chi connectivity index (χ1) is 16.4. The molecule has 2 amide bonds. The second-order valence-corrected chi connectivity index (χ2v) is 8.64. The van der Waals surface area contributed by atoms with Crippen molar-refractivity contribution in [3.63, 3.8) is 0 Å². The number of aliphatic carboxylic acids is 1.